The molecule has 0 bridgehead atoms. The predicted molar refractivity (Wildman–Crippen MR) is 79.4 cm³/mol. The molecule has 0 saturated carbocycles. The molecule has 0 heterocycles. The van der Waals surface area contributed by atoms with Crippen LogP contribution in [0.1, 0.15) is 19.8 Å². The molecule has 0 amide bonds. The van der Waals surface area contributed by atoms with Gasteiger partial charge in [-0.3, -0.25) is 0 Å². The van der Waals surface area contributed by atoms with Crippen LogP contribution < -0.4 is 10.1 Å². The highest BCUT2D eigenvalue weighted by atomic mass is 79.9. The van der Waals surface area contributed by atoms with Gasteiger partial charge in [0.25, 0.3) is 0 Å². The van der Waals surface area contributed by atoms with Crippen LogP contribution in [0, 0.1) is 0 Å². The van der Waals surface area contributed by atoms with Crippen molar-refractivity contribution in [2.45, 2.75) is 32.0 Å². The maximum atomic E-state index is 9.74. The third-order valence-electron chi connectivity index (χ3n) is 2.62. The van der Waals surface area contributed by atoms with E-state index in [0.29, 0.717) is 13.1 Å². The lowest BCUT2D eigenvalue weighted by molar-refractivity contribution is 0.0984. The first-order valence-electron chi connectivity index (χ1n) is 6.57. The molecule has 0 aliphatic rings. The number of hydrogen-bond acceptors (Lipinski definition) is 4. The van der Waals surface area contributed by atoms with Gasteiger partial charge < -0.3 is 20.3 Å². The third kappa shape index (κ3) is 7.52. The van der Waals surface area contributed by atoms with Gasteiger partial charge in [-0.15, -0.1) is 0 Å². The summed E-state index contributed by atoms with van der Waals surface area (Å²) in [7, 11) is 0. The monoisotopic (exact) mass is 331 g/mol. The largest absolute Gasteiger partial charge is 0.491 e. The van der Waals surface area contributed by atoms with Crippen LogP contribution in [0.25, 0.3) is 0 Å². The molecule has 3 N–H and O–H groups in total. The van der Waals surface area contributed by atoms with Crippen molar-refractivity contribution in [3.05, 3.63) is 28.7 Å². The Labute approximate surface area is 122 Å². The van der Waals surface area contributed by atoms with Crippen LogP contribution in [0.2, 0.25) is 0 Å². The van der Waals surface area contributed by atoms with Crippen molar-refractivity contribution in [3.8, 4) is 5.75 Å². The van der Waals surface area contributed by atoms with Crippen molar-refractivity contribution >= 4 is 15.9 Å². The number of hydrogen-bond donors (Lipinski definition) is 3. The first kappa shape index (κ1) is 16.4. The molecule has 0 saturated heterocycles. The Hall–Kier alpha value is -0.620. The zero-order chi connectivity index (χ0) is 14.1. The van der Waals surface area contributed by atoms with Gasteiger partial charge in [0.15, 0.2) is 0 Å². The van der Waals surface area contributed by atoms with Crippen molar-refractivity contribution in [2.75, 3.05) is 19.7 Å². The van der Waals surface area contributed by atoms with E-state index in [1.54, 1.807) is 0 Å². The Morgan fingerprint density at radius 1 is 1.26 bits per heavy atom. The molecular weight excluding hydrogens is 310 g/mol. The second-order valence-electron chi connectivity index (χ2n) is 4.52. The smallest absolute Gasteiger partial charge is 0.120 e. The van der Waals surface area contributed by atoms with E-state index in [0.717, 1.165) is 23.1 Å². The number of aliphatic hydroxyl groups is 2. The minimum absolute atomic E-state index is 0.229. The topological polar surface area (TPSA) is 61.7 Å². The number of nitrogens with one attached hydrogen (secondary N) is 1. The molecule has 2 unspecified atom stereocenters. The Morgan fingerprint density at radius 2 is 2.00 bits per heavy atom. The summed E-state index contributed by atoms with van der Waals surface area (Å²) in [5, 5.41) is 22.3. The van der Waals surface area contributed by atoms with E-state index in [-0.39, 0.29) is 12.7 Å². The van der Waals surface area contributed by atoms with E-state index in [9.17, 15) is 10.2 Å². The first-order chi connectivity index (χ1) is 9.11. The molecule has 1 aromatic rings. The van der Waals surface area contributed by atoms with Crippen LogP contribution in [0.3, 0.4) is 0 Å². The molecule has 4 nitrogen and oxygen atoms in total. The van der Waals surface area contributed by atoms with Gasteiger partial charge in [-0.1, -0.05) is 35.3 Å². The van der Waals surface area contributed by atoms with Gasteiger partial charge >= 0.3 is 0 Å². The average molecular weight is 332 g/mol. The van der Waals surface area contributed by atoms with Crippen molar-refractivity contribution < 1.29 is 14.9 Å². The lowest BCUT2D eigenvalue weighted by atomic mass is 10.2. The highest BCUT2D eigenvalue weighted by molar-refractivity contribution is 9.10. The SMILES string of the molecule is CCCC(O)CNCC(O)COc1cccc(Br)c1. The summed E-state index contributed by atoms with van der Waals surface area (Å²) < 4.78 is 6.42. The van der Waals surface area contributed by atoms with Gasteiger partial charge in [0.05, 0.1) is 6.10 Å². The summed E-state index contributed by atoms with van der Waals surface area (Å²) in [6.07, 6.45) is 0.797. The summed E-state index contributed by atoms with van der Waals surface area (Å²) in [6, 6.07) is 7.49. The fourth-order valence-electron chi connectivity index (χ4n) is 1.66. The molecule has 0 aliphatic carbocycles. The summed E-state index contributed by atoms with van der Waals surface area (Å²) in [5.41, 5.74) is 0. The van der Waals surface area contributed by atoms with Crippen LogP contribution in [0.4, 0.5) is 0 Å². The Bertz CT molecular complexity index is 362. The van der Waals surface area contributed by atoms with Crippen molar-refractivity contribution in [3.63, 3.8) is 0 Å². The normalized spacial score (nSPS) is 14.1. The third-order valence-corrected chi connectivity index (χ3v) is 3.11. The van der Waals surface area contributed by atoms with Crippen molar-refractivity contribution in [2.24, 2.45) is 0 Å². The lowest BCUT2D eigenvalue weighted by Crippen LogP contribution is -2.35. The molecule has 0 aromatic heterocycles. The molecule has 5 heteroatoms. The lowest BCUT2D eigenvalue weighted by Gasteiger charge is -2.15. The number of benzene rings is 1. The van der Waals surface area contributed by atoms with Gasteiger partial charge in [0.2, 0.25) is 0 Å². The van der Waals surface area contributed by atoms with Crippen molar-refractivity contribution in [1.29, 1.82) is 0 Å². The predicted octanol–water partition coefficient (Wildman–Crippen LogP) is 1.94. The van der Waals surface area contributed by atoms with E-state index < -0.39 is 6.10 Å². The van der Waals surface area contributed by atoms with E-state index >= 15 is 0 Å². The van der Waals surface area contributed by atoms with Crippen molar-refractivity contribution in [1.82, 2.24) is 5.32 Å². The maximum absolute atomic E-state index is 9.74. The molecular formula is C14H22BrNO3. The molecule has 19 heavy (non-hydrogen) atoms. The quantitative estimate of drug-likeness (QED) is 0.647. The molecule has 0 fully saturated rings. The first-order valence-corrected chi connectivity index (χ1v) is 7.36. The van der Waals surface area contributed by atoms with Gasteiger partial charge in [0, 0.05) is 17.6 Å². The van der Waals surface area contributed by atoms with Gasteiger partial charge in [-0.05, 0) is 24.6 Å². The minimum Gasteiger partial charge on any atom is -0.491 e. The van der Waals surface area contributed by atoms with Crippen LogP contribution >= 0.6 is 15.9 Å². The number of aliphatic hydroxyl groups excluding tert-OH is 2. The van der Waals surface area contributed by atoms with Crippen LogP contribution in [-0.2, 0) is 0 Å². The minimum atomic E-state index is -0.590. The number of halogens is 1. The zero-order valence-electron chi connectivity index (χ0n) is 11.2. The average Bonchev–Trinajstić information content (AvgIpc) is 2.37. The summed E-state index contributed by atoms with van der Waals surface area (Å²) >= 11 is 3.36. The fraction of sp³-hybridized carbons (Fsp3) is 0.571. The molecule has 0 spiro atoms. The van der Waals surface area contributed by atoms with Crippen LogP contribution in [-0.4, -0.2) is 42.1 Å². The highest BCUT2D eigenvalue weighted by Gasteiger charge is 2.07. The van der Waals surface area contributed by atoms with Gasteiger partial charge in [-0.2, -0.15) is 0 Å². The molecule has 1 rings (SSSR count). The summed E-state index contributed by atoms with van der Waals surface area (Å²) in [4.78, 5) is 0. The summed E-state index contributed by atoms with van der Waals surface area (Å²) in [5.74, 6) is 0.722. The van der Waals surface area contributed by atoms with Gasteiger partial charge in [0.1, 0.15) is 18.5 Å². The second-order valence-corrected chi connectivity index (χ2v) is 5.44. The second kappa shape index (κ2) is 9.31. The fourth-order valence-corrected chi connectivity index (χ4v) is 2.04. The summed E-state index contributed by atoms with van der Waals surface area (Å²) in [6.45, 7) is 3.17. The molecule has 1 aromatic carbocycles. The molecule has 108 valence electrons. The Morgan fingerprint density at radius 3 is 2.68 bits per heavy atom. The van der Waals surface area contributed by atoms with E-state index in [1.165, 1.54) is 0 Å². The molecule has 2 atom stereocenters. The standard InChI is InChI=1S/C14H22BrNO3/c1-2-4-12(17)8-16-9-13(18)10-19-14-6-3-5-11(15)7-14/h3,5-7,12-13,16-18H,2,4,8-10H2,1H3. The molecule has 0 radical (unpaired) electrons. The number of rotatable bonds is 9. The molecule has 0 aliphatic heterocycles. The van der Waals surface area contributed by atoms with E-state index in [4.69, 9.17) is 4.74 Å². The zero-order valence-corrected chi connectivity index (χ0v) is 12.8. The van der Waals surface area contributed by atoms with Gasteiger partial charge in [-0.25, -0.2) is 0 Å². The highest BCUT2D eigenvalue weighted by Crippen LogP contribution is 2.17. The van der Waals surface area contributed by atoms with E-state index in [1.807, 2.05) is 31.2 Å². The number of ether oxygens (including phenoxy) is 1. The maximum Gasteiger partial charge on any atom is 0.120 e. The Balaban J connectivity index is 2.16. The van der Waals surface area contributed by atoms with Crippen LogP contribution in [0.5, 0.6) is 5.75 Å². The Kier molecular flexibility index (Phi) is 8.05. The van der Waals surface area contributed by atoms with Crippen LogP contribution in [0.15, 0.2) is 28.7 Å². The van der Waals surface area contributed by atoms with E-state index in [2.05, 4.69) is 21.2 Å².